The topological polar surface area (TPSA) is 43.8 Å². The second kappa shape index (κ2) is 7.18. The minimum absolute atomic E-state index is 0. The first-order chi connectivity index (χ1) is 5.24. The molecule has 1 aromatic rings. The van der Waals surface area contributed by atoms with Crippen LogP contribution in [0.1, 0.15) is 25.6 Å². The largest absolute Gasteiger partial charge is 0.335 e. The van der Waals surface area contributed by atoms with Crippen molar-refractivity contribution in [1.82, 2.24) is 9.55 Å². The summed E-state index contributed by atoms with van der Waals surface area (Å²) in [4.78, 5) is 4.21. The predicted octanol–water partition coefficient (Wildman–Crippen LogP) is 1.81. The number of hydrogen-bond acceptors (Lipinski definition) is 2. The third-order valence-electron chi connectivity index (χ3n) is 1.65. The van der Waals surface area contributed by atoms with Crippen molar-refractivity contribution < 1.29 is 0 Å². The Bertz CT molecular complexity index is 223. The third kappa shape index (κ3) is 4.50. The van der Waals surface area contributed by atoms with E-state index in [0.717, 1.165) is 12.1 Å². The summed E-state index contributed by atoms with van der Waals surface area (Å²) in [5.41, 5.74) is 6.48. The Hall–Kier alpha value is -0.250. The Balaban J connectivity index is 0. The maximum absolute atomic E-state index is 5.40. The lowest BCUT2D eigenvalue weighted by Crippen LogP contribution is -2.03. The van der Waals surface area contributed by atoms with Crippen LogP contribution < -0.4 is 5.73 Å². The zero-order valence-corrected chi connectivity index (χ0v) is 9.57. The van der Waals surface area contributed by atoms with Gasteiger partial charge in [0.2, 0.25) is 0 Å². The summed E-state index contributed by atoms with van der Waals surface area (Å²) in [5, 5.41) is 0. The molecule has 0 aliphatic heterocycles. The molecule has 0 atom stereocenters. The number of rotatable bonds is 3. The summed E-state index contributed by atoms with van der Waals surface area (Å²) in [6.07, 6.45) is 4.78. The van der Waals surface area contributed by atoms with Gasteiger partial charge < -0.3 is 10.3 Å². The summed E-state index contributed by atoms with van der Waals surface area (Å²) in [6, 6.07) is 0.494. The van der Waals surface area contributed by atoms with Gasteiger partial charge in [0.05, 0.1) is 12.0 Å². The Labute approximate surface area is 91.5 Å². The maximum atomic E-state index is 5.40. The molecule has 0 amide bonds. The van der Waals surface area contributed by atoms with Gasteiger partial charge in [0.25, 0.3) is 0 Å². The molecule has 0 aliphatic rings. The first kappa shape index (κ1) is 15.2. The maximum Gasteiger partial charge on any atom is 0.0951 e. The monoisotopic (exact) mass is 225 g/mol. The zero-order chi connectivity index (χ0) is 8.27. The smallest absolute Gasteiger partial charge is 0.0951 e. The SMILES string of the molecule is CC(C)n1cnc(CCN)c1.Cl.Cl. The minimum Gasteiger partial charge on any atom is -0.335 e. The molecule has 5 heteroatoms. The van der Waals surface area contributed by atoms with E-state index in [-0.39, 0.29) is 24.8 Å². The van der Waals surface area contributed by atoms with Crippen molar-refractivity contribution in [1.29, 1.82) is 0 Å². The van der Waals surface area contributed by atoms with Crippen LogP contribution in [0.5, 0.6) is 0 Å². The molecule has 1 aromatic heterocycles. The van der Waals surface area contributed by atoms with Gasteiger partial charge >= 0.3 is 0 Å². The lowest BCUT2D eigenvalue weighted by molar-refractivity contribution is 0.599. The molecule has 78 valence electrons. The highest BCUT2D eigenvalue weighted by molar-refractivity contribution is 5.85. The Morgan fingerprint density at radius 3 is 2.46 bits per heavy atom. The van der Waals surface area contributed by atoms with Gasteiger partial charge in [0.15, 0.2) is 0 Å². The van der Waals surface area contributed by atoms with E-state index < -0.39 is 0 Å². The predicted molar refractivity (Wildman–Crippen MR) is 59.9 cm³/mol. The summed E-state index contributed by atoms with van der Waals surface area (Å²) in [5.74, 6) is 0. The Morgan fingerprint density at radius 2 is 2.08 bits per heavy atom. The van der Waals surface area contributed by atoms with Gasteiger partial charge in [-0.05, 0) is 20.4 Å². The number of imidazole rings is 1. The first-order valence-corrected chi connectivity index (χ1v) is 3.96. The van der Waals surface area contributed by atoms with Crippen LogP contribution in [0.4, 0.5) is 0 Å². The van der Waals surface area contributed by atoms with Crippen LogP contribution in [0, 0.1) is 0 Å². The third-order valence-corrected chi connectivity index (χ3v) is 1.65. The van der Waals surface area contributed by atoms with Crippen molar-refractivity contribution in [2.24, 2.45) is 5.73 Å². The highest BCUT2D eigenvalue weighted by Crippen LogP contribution is 2.04. The summed E-state index contributed by atoms with van der Waals surface area (Å²) >= 11 is 0. The standard InChI is InChI=1S/C8H15N3.2ClH/c1-7(2)11-5-8(3-4-9)10-6-11;;/h5-7H,3-4,9H2,1-2H3;2*1H. The van der Waals surface area contributed by atoms with Crippen molar-refractivity contribution in [2.45, 2.75) is 26.3 Å². The van der Waals surface area contributed by atoms with Crippen LogP contribution in [0.15, 0.2) is 12.5 Å². The number of halogens is 2. The molecule has 0 saturated heterocycles. The highest BCUT2D eigenvalue weighted by Gasteiger charge is 1.99. The number of aromatic nitrogens is 2. The molecule has 13 heavy (non-hydrogen) atoms. The van der Waals surface area contributed by atoms with Gasteiger partial charge in [-0.15, -0.1) is 24.8 Å². The summed E-state index contributed by atoms with van der Waals surface area (Å²) in [7, 11) is 0. The van der Waals surface area contributed by atoms with Crippen molar-refractivity contribution >= 4 is 24.8 Å². The molecule has 3 nitrogen and oxygen atoms in total. The van der Waals surface area contributed by atoms with Gasteiger partial charge in [0, 0.05) is 18.7 Å². The average molecular weight is 226 g/mol. The van der Waals surface area contributed by atoms with E-state index in [1.165, 1.54) is 0 Å². The second-order valence-corrected chi connectivity index (χ2v) is 2.94. The van der Waals surface area contributed by atoms with Crippen LogP contribution in [-0.2, 0) is 6.42 Å². The molecule has 2 N–H and O–H groups in total. The van der Waals surface area contributed by atoms with E-state index >= 15 is 0 Å². The zero-order valence-electron chi connectivity index (χ0n) is 7.93. The first-order valence-electron chi connectivity index (χ1n) is 3.96. The number of hydrogen-bond donors (Lipinski definition) is 1. The minimum atomic E-state index is 0. The molecular weight excluding hydrogens is 209 g/mol. The number of nitrogens with zero attached hydrogens (tertiary/aromatic N) is 2. The van der Waals surface area contributed by atoms with Gasteiger partial charge in [-0.1, -0.05) is 0 Å². The van der Waals surface area contributed by atoms with Crippen LogP contribution >= 0.6 is 24.8 Å². The molecule has 1 heterocycles. The van der Waals surface area contributed by atoms with Crippen LogP contribution in [0.25, 0.3) is 0 Å². The van der Waals surface area contributed by atoms with Crippen molar-refractivity contribution in [3.63, 3.8) is 0 Å². The summed E-state index contributed by atoms with van der Waals surface area (Å²) < 4.78 is 2.09. The van der Waals surface area contributed by atoms with E-state index in [0.29, 0.717) is 12.6 Å². The van der Waals surface area contributed by atoms with E-state index in [2.05, 4.69) is 29.6 Å². The quantitative estimate of drug-likeness (QED) is 0.854. The molecule has 0 fully saturated rings. The van der Waals surface area contributed by atoms with E-state index in [1.54, 1.807) is 0 Å². The van der Waals surface area contributed by atoms with Crippen molar-refractivity contribution in [2.75, 3.05) is 6.54 Å². The molecule has 0 unspecified atom stereocenters. The fraction of sp³-hybridized carbons (Fsp3) is 0.625. The van der Waals surface area contributed by atoms with Crippen molar-refractivity contribution in [3.8, 4) is 0 Å². The average Bonchev–Trinajstić information content (AvgIpc) is 2.37. The lowest BCUT2D eigenvalue weighted by atomic mass is 10.3. The molecule has 0 spiro atoms. The summed E-state index contributed by atoms with van der Waals surface area (Å²) in [6.45, 7) is 4.94. The van der Waals surface area contributed by atoms with Crippen LogP contribution in [0.2, 0.25) is 0 Å². The highest BCUT2D eigenvalue weighted by atomic mass is 35.5. The second-order valence-electron chi connectivity index (χ2n) is 2.94. The van der Waals surface area contributed by atoms with E-state index in [1.807, 2.05) is 6.33 Å². The number of nitrogens with two attached hydrogens (primary N) is 1. The van der Waals surface area contributed by atoms with Crippen molar-refractivity contribution in [3.05, 3.63) is 18.2 Å². The fourth-order valence-corrected chi connectivity index (χ4v) is 0.939. The van der Waals surface area contributed by atoms with E-state index in [9.17, 15) is 0 Å². The molecule has 0 aromatic carbocycles. The molecule has 1 rings (SSSR count). The van der Waals surface area contributed by atoms with Gasteiger partial charge in [-0.3, -0.25) is 0 Å². The van der Waals surface area contributed by atoms with Gasteiger partial charge in [-0.25, -0.2) is 4.98 Å². The van der Waals surface area contributed by atoms with Gasteiger partial charge in [-0.2, -0.15) is 0 Å². The fourth-order valence-electron chi connectivity index (χ4n) is 0.939. The molecule has 0 saturated carbocycles. The Morgan fingerprint density at radius 1 is 1.46 bits per heavy atom. The van der Waals surface area contributed by atoms with Gasteiger partial charge in [0.1, 0.15) is 0 Å². The van der Waals surface area contributed by atoms with E-state index in [4.69, 9.17) is 5.73 Å². The van der Waals surface area contributed by atoms with Crippen LogP contribution in [-0.4, -0.2) is 16.1 Å². The molecule has 0 aliphatic carbocycles. The van der Waals surface area contributed by atoms with Crippen LogP contribution in [0.3, 0.4) is 0 Å². The molecule has 0 bridgehead atoms. The molecule has 0 radical (unpaired) electrons. The normalized spacial score (nSPS) is 9.23. The Kier molecular flexibility index (Phi) is 8.42. The lowest BCUT2D eigenvalue weighted by Gasteiger charge is -2.03. The molecular formula is C8H17Cl2N3.